The van der Waals surface area contributed by atoms with E-state index in [1.807, 2.05) is 37.3 Å². The van der Waals surface area contributed by atoms with Gasteiger partial charge in [-0.15, -0.1) is 0 Å². The Morgan fingerprint density at radius 1 is 1.07 bits per heavy atom. The van der Waals surface area contributed by atoms with Crippen LogP contribution in [0.15, 0.2) is 53.4 Å². The molecule has 1 atom stereocenters. The summed E-state index contributed by atoms with van der Waals surface area (Å²) >= 11 is 0. The first-order valence-electron chi connectivity index (χ1n) is 8.60. The van der Waals surface area contributed by atoms with E-state index in [2.05, 4.69) is 10.0 Å². The molecular formula is C19H22F2N2O3S. The Morgan fingerprint density at radius 3 is 2.41 bits per heavy atom. The second-order valence-corrected chi connectivity index (χ2v) is 7.81. The van der Waals surface area contributed by atoms with Crippen molar-refractivity contribution in [3.63, 3.8) is 0 Å². The van der Waals surface area contributed by atoms with E-state index in [0.29, 0.717) is 12.6 Å². The van der Waals surface area contributed by atoms with Crippen LogP contribution in [0.25, 0.3) is 0 Å². The molecule has 0 radical (unpaired) electrons. The number of carbonyl (C=O) groups is 1. The maximum Gasteiger partial charge on any atom is 0.240 e. The van der Waals surface area contributed by atoms with E-state index < -0.39 is 26.6 Å². The summed E-state index contributed by atoms with van der Waals surface area (Å²) in [4.78, 5) is 11.6. The predicted octanol–water partition coefficient (Wildman–Crippen LogP) is 2.94. The van der Waals surface area contributed by atoms with Gasteiger partial charge in [-0.2, -0.15) is 0 Å². The zero-order chi connectivity index (χ0) is 19.9. The fraction of sp³-hybridized carbons (Fsp3) is 0.316. The molecule has 0 bridgehead atoms. The maximum atomic E-state index is 13.2. The molecule has 5 nitrogen and oxygen atoms in total. The summed E-state index contributed by atoms with van der Waals surface area (Å²) in [6, 6.07) is 12.1. The monoisotopic (exact) mass is 396 g/mol. The smallest absolute Gasteiger partial charge is 0.240 e. The molecule has 0 aromatic heterocycles. The van der Waals surface area contributed by atoms with Gasteiger partial charge in [-0.1, -0.05) is 37.3 Å². The molecule has 0 saturated heterocycles. The number of amides is 1. The Labute approximate surface area is 157 Å². The molecule has 0 spiro atoms. The summed E-state index contributed by atoms with van der Waals surface area (Å²) in [6.45, 7) is 2.34. The molecule has 0 aliphatic carbocycles. The number of halogens is 2. The molecule has 2 rings (SSSR count). The quantitative estimate of drug-likeness (QED) is 0.684. The Balaban J connectivity index is 1.82. The van der Waals surface area contributed by atoms with Crippen LogP contribution in [-0.4, -0.2) is 27.4 Å². The van der Waals surface area contributed by atoms with Gasteiger partial charge in [-0.25, -0.2) is 21.9 Å². The van der Waals surface area contributed by atoms with Crippen LogP contribution in [0, 0.1) is 11.6 Å². The second kappa shape index (κ2) is 9.57. The summed E-state index contributed by atoms with van der Waals surface area (Å²) in [5, 5.41) is 2.79. The van der Waals surface area contributed by atoms with Crippen molar-refractivity contribution in [2.75, 3.05) is 13.1 Å². The summed E-state index contributed by atoms with van der Waals surface area (Å²) in [5.41, 5.74) is 1.12. The minimum absolute atomic E-state index is 0.0614. The average molecular weight is 396 g/mol. The highest BCUT2D eigenvalue weighted by Crippen LogP contribution is 2.18. The van der Waals surface area contributed by atoms with E-state index in [9.17, 15) is 22.0 Å². The lowest BCUT2D eigenvalue weighted by Crippen LogP contribution is -2.32. The molecule has 2 aromatic carbocycles. The van der Waals surface area contributed by atoms with E-state index in [1.165, 1.54) is 0 Å². The van der Waals surface area contributed by atoms with Crippen molar-refractivity contribution in [2.45, 2.75) is 30.6 Å². The van der Waals surface area contributed by atoms with Gasteiger partial charge < -0.3 is 5.32 Å². The van der Waals surface area contributed by atoms with Gasteiger partial charge in [-0.3, -0.25) is 4.79 Å². The van der Waals surface area contributed by atoms with Crippen LogP contribution in [0.2, 0.25) is 0 Å². The summed E-state index contributed by atoms with van der Waals surface area (Å²) in [5.74, 6) is -2.49. The van der Waals surface area contributed by atoms with Crippen molar-refractivity contribution < 1.29 is 22.0 Å². The van der Waals surface area contributed by atoms with Gasteiger partial charge in [0.25, 0.3) is 0 Å². The lowest BCUT2D eigenvalue weighted by Gasteiger charge is -2.16. The van der Waals surface area contributed by atoms with Crippen LogP contribution >= 0.6 is 0 Å². The minimum Gasteiger partial charge on any atom is -0.355 e. The number of benzene rings is 2. The van der Waals surface area contributed by atoms with Crippen LogP contribution in [0.4, 0.5) is 8.78 Å². The standard InChI is InChI=1S/C19H22F2N2O3S/c1-2-14(15-6-4-3-5-7-15)13-22-19(24)10-11-23-27(25,26)16-8-9-17(20)18(21)12-16/h3-9,12,14,23H,2,10-11,13H2,1H3,(H,22,24). The SMILES string of the molecule is CCC(CNC(=O)CCNS(=O)(=O)c1ccc(F)c(F)c1)c1ccccc1. The normalized spacial score (nSPS) is 12.6. The van der Waals surface area contributed by atoms with Crippen LogP contribution < -0.4 is 10.0 Å². The van der Waals surface area contributed by atoms with Crippen molar-refractivity contribution in [3.05, 3.63) is 65.7 Å². The van der Waals surface area contributed by atoms with Crippen molar-refractivity contribution >= 4 is 15.9 Å². The summed E-state index contributed by atoms with van der Waals surface area (Å²) in [7, 11) is -4.01. The van der Waals surface area contributed by atoms with Crippen molar-refractivity contribution in [3.8, 4) is 0 Å². The third kappa shape index (κ3) is 6.11. The van der Waals surface area contributed by atoms with E-state index in [0.717, 1.165) is 24.1 Å². The molecule has 146 valence electrons. The molecule has 2 N–H and O–H groups in total. The molecule has 8 heteroatoms. The van der Waals surface area contributed by atoms with Gasteiger partial charge in [0.2, 0.25) is 15.9 Å². The zero-order valence-electron chi connectivity index (χ0n) is 14.9. The first-order chi connectivity index (χ1) is 12.8. The molecule has 0 heterocycles. The number of hydrogen-bond acceptors (Lipinski definition) is 3. The Bertz CT molecular complexity index is 874. The number of sulfonamides is 1. The van der Waals surface area contributed by atoms with Gasteiger partial charge in [0.15, 0.2) is 11.6 Å². The largest absolute Gasteiger partial charge is 0.355 e. The molecule has 1 amide bonds. The predicted molar refractivity (Wildman–Crippen MR) is 98.6 cm³/mol. The van der Waals surface area contributed by atoms with Crippen LogP contribution in [0.5, 0.6) is 0 Å². The lowest BCUT2D eigenvalue weighted by molar-refractivity contribution is -0.121. The Morgan fingerprint density at radius 2 is 1.78 bits per heavy atom. The molecule has 2 aromatic rings. The molecule has 0 aliphatic heterocycles. The average Bonchev–Trinajstić information content (AvgIpc) is 2.65. The van der Waals surface area contributed by atoms with Crippen molar-refractivity contribution in [1.82, 2.24) is 10.0 Å². The molecule has 0 saturated carbocycles. The highest BCUT2D eigenvalue weighted by atomic mass is 32.2. The summed E-state index contributed by atoms with van der Waals surface area (Å²) in [6.07, 6.45) is 0.793. The minimum atomic E-state index is -4.01. The number of carbonyl (C=O) groups excluding carboxylic acids is 1. The third-order valence-electron chi connectivity index (χ3n) is 4.15. The fourth-order valence-electron chi connectivity index (χ4n) is 2.57. The molecule has 0 fully saturated rings. The van der Waals surface area contributed by atoms with Gasteiger partial charge >= 0.3 is 0 Å². The fourth-order valence-corrected chi connectivity index (χ4v) is 3.62. The van der Waals surface area contributed by atoms with Crippen LogP contribution in [0.1, 0.15) is 31.2 Å². The highest BCUT2D eigenvalue weighted by molar-refractivity contribution is 7.89. The van der Waals surface area contributed by atoms with E-state index in [1.54, 1.807) is 0 Å². The third-order valence-corrected chi connectivity index (χ3v) is 5.61. The lowest BCUT2D eigenvalue weighted by atomic mass is 9.96. The zero-order valence-corrected chi connectivity index (χ0v) is 15.7. The van der Waals surface area contributed by atoms with Crippen molar-refractivity contribution in [1.29, 1.82) is 0 Å². The first-order valence-corrected chi connectivity index (χ1v) is 10.1. The Kier molecular flexibility index (Phi) is 7.44. The number of rotatable bonds is 9. The van der Waals surface area contributed by atoms with Gasteiger partial charge in [0.1, 0.15) is 0 Å². The Hall–Kier alpha value is -2.32. The number of nitrogens with one attached hydrogen (secondary N) is 2. The van der Waals surface area contributed by atoms with Gasteiger partial charge in [-0.05, 0) is 30.2 Å². The molecular weight excluding hydrogens is 374 g/mol. The van der Waals surface area contributed by atoms with E-state index >= 15 is 0 Å². The van der Waals surface area contributed by atoms with E-state index in [-0.39, 0.29) is 24.8 Å². The van der Waals surface area contributed by atoms with Crippen molar-refractivity contribution in [2.24, 2.45) is 0 Å². The van der Waals surface area contributed by atoms with Crippen LogP contribution in [0.3, 0.4) is 0 Å². The summed E-state index contributed by atoms with van der Waals surface area (Å²) < 4.78 is 52.4. The van der Waals surface area contributed by atoms with E-state index in [4.69, 9.17) is 0 Å². The molecule has 27 heavy (non-hydrogen) atoms. The van der Waals surface area contributed by atoms with Crippen LogP contribution in [-0.2, 0) is 14.8 Å². The number of hydrogen-bond donors (Lipinski definition) is 2. The van der Waals surface area contributed by atoms with Gasteiger partial charge in [0.05, 0.1) is 4.90 Å². The molecule has 0 aliphatic rings. The topological polar surface area (TPSA) is 75.3 Å². The highest BCUT2D eigenvalue weighted by Gasteiger charge is 2.17. The second-order valence-electron chi connectivity index (χ2n) is 6.04. The van der Waals surface area contributed by atoms with Gasteiger partial charge in [0, 0.05) is 25.4 Å². The maximum absolute atomic E-state index is 13.2. The first kappa shape index (κ1) is 21.0. The molecule has 1 unspecified atom stereocenters.